The largest absolute Gasteiger partial charge is 0.355 e. The molecule has 2 rings (SSSR count). The van der Waals surface area contributed by atoms with Gasteiger partial charge < -0.3 is 10.2 Å². The third-order valence-electron chi connectivity index (χ3n) is 3.83. The molecule has 1 saturated heterocycles. The molecule has 1 N–H and O–H groups in total. The summed E-state index contributed by atoms with van der Waals surface area (Å²) >= 11 is 0. The first kappa shape index (κ1) is 14.3. The normalized spacial score (nSPS) is 24.6. The van der Waals surface area contributed by atoms with E-state index in [2.05, 4.69) is 39.4 Å². The Balaban J connectivity index is 1.61. The number of nitrogens with one attached hydrogen (secondary N) is 1. The van der Waals surface area contributed by atoms with Crippen molar-refractivity contribution in [3.8, 4) is 0 Å². The van der Waals surface area contributed by atoms with E-state index in [1.54, 1.807) is 6.92 Å². The van der Waals surface area contributed by atoms with Crippen LogP contribution < -0.4 is 5.32 Å². The van der Waals surface area contributed by atoms with E-state index in [-0.39, 0.29) is 5.91 Å². The van der Waals surface area contributed by atoms with Gasteiger partial charge in [0.25, 0.3) is 0 Å². The summed E-state index contributed by atoms with van der Waals surface area (Å²) in [6.07, 6.45) is 10.1. The highest BCUT2D eigenvalue weighted by Crippen LogP contribution is 2.14. The van der Waals surface area contributed by atoms with Crippen molar-refractivity contribution in [3.63, 3.8) is 0 Å². The van der Waals surface area contributed by atoms with Crippen LogP contribution in [0.2, 0.25) is 0 Å². The van der Waals surface area contributed by atoms with Crippen molar-refractivity contribution >= 4 is 5.91 Å². The Kier molecular flexibility index (Phi) is 5.61. The number of carbonyl (C=O) groups excluding carboxylic acids is 1. The third kappa shape index (κ3) is 5.17. The Morgan fingerprint density at radius 1 is 1.21 bits per heavy atom. The first-order chi connectivity index (χ1) is 9.24. The number of nitrogens with zero attached hydrogens (tertiary/aromatic N) is 2. The van der Waals surface area contributed by atoms with Crippen LogP contribution in [-0.2, 0) is 4.79 Å². The Morgan fingerprint density at radius 3 is 2.58 bits per heavy atom. The molecule has 0 aromatic rings. The average molecular weight is 263 g/mol. The molecule has 1 aliphatic carbocycles. The number of rotatable bonds is 5. The van der Waals surface area contributed by atoms with Crippen molar-refractivity contribution in [2.24, 2.45) is 5.92 Å². The smallest absolute Gasteiger partial charge is 0.216 e. The second-order valence-electron chi connectivity index (χ2n) is 5.43. The molecule has 0 aromatic carbocycles. The summed E-state index contributed by atoms with van der Waals surface area (Å²) in [4.78, 5) is 15.8. The lowest BCUT2D eigenvalue weighted by atomic mass is 10.00. The first-order valence-corrected chi connectivity index (χ1v) is 7.26. The highest BCUT2D eigenvalue weighted by molar-refractivity contribution is 5.72. The fraction of sp³-hybridized carbons (Fsp3) is 0.667. The van der Waals surface area contributed by atoms with Crippen LogP contribution >= 0.6 is 0 Å². The van der Waals surface area contributed by atoms with Gasteiger partial charge in [-0.25, -0.2) is 0 Å². The van der Waals surface area contributed by atoms with Crippen molar-refractivity contribution < 1.29 is 4.79 Å². The molecule has 0 radical (unpaired) electrons. The summed E-state index contributed by atoms with van der Waals surface area (Å²) in [6, 6.07) is 0. The average Bonchev–Trinajstić information content (AvgIpc) is 2.42. The minimum absolute atomic E-state index is 0.0655. The summed E-state index contributed by atoms with van der Waals surface area (Å²) < 4.78 is 0. The molecule has 0 spiro atoms. The van der Waals surface area contributed by atoms with Crippen LogP contribution in [0.4, 0.5) is 0 Å². The zero-order valence-corrected chi connectivity index (χ0v) is 11.8. The zero-order chi connectivity index (χ0) is 13.5. The van der Waals surface area contributed by atoms with Gasteiger partial charge >= 0.3 is 0 Å². The van der Waals surface area contributed by atoms with Gasteiger partial charge in [-0.2, -0.15) is 0 Å². The highest BCUT2D eigenvalue weighted by Gasteiger charge is 2.18. The Labute approximate surface area is 116 Å². The van der Waals surface area contributed by atoms with E-state index in [1.807, 2.05) is 0 Å². The SMILES string of the molecule is CC(=O)NCCN1CCN(CC2C=CC=CC2)CC1. The Morgan fingerprint density at radius 2 is 1.95 bits per heavy atom. The summed E-state index contributed by atoms with van der Waals surface area (Å²) in [6.45, 7) is 9.02. The highest BCUT2D eigenvalue weighted by atomic mass is 16.1. The van der Waals surface area contributed by atoms with Gasteiger partial charge in [-0.1, -0.05) is 24.3 Å². The number of amides is 1. The van der Waals surface area contributed by atoms with Crippen molar-refractivity contribution in [3.05, 3.63) is 24.3 Å². The molecular weight excluding hydrogens is 238 g/mol. The molecule has 4 heteroatoms. The van der Waals surface area contributed by atoms with Crippen molar-refractivity contribution in [1.82, 2.24) is 15.1 Å². The molecule has 1 heterocycles. The fourth-order valence-corrected chi connectivity index (χ4v) is 2.68. The Bertz CT molecular complexity index is 343. The summed E-state index contributed by atoms with van der Waals surface area (Å²) in [5.74, 6) is 0.756. The van der Waals surface area contributed by atoms with E-state index in [0.29, 0.717) is 5.92 Å². The standard InChI is InChI=1S/C15H25N3O/c1-14(19)16-7-8-17-9-11-18(12-10-17)13-15-5-3-2-4-6-15/h2-5,15H,6-13H2,1H3,(H,16,19). The van der Waals surface area contributed by atoms with Gasteiger partial charge in [-0.3, -0.25) is 9.69 Å². The van der Waals surface area contributed by atoms with E-state index in [0.717, 1.165) is 39.3 Å². The predicted octanol–water partition coefficient (Wildman–Crippen LogP) is 0.872. The lowest BCUT2D eigenvalue weighted by Crippen LogP contribution is -2.49. The van der Waals surface area contributed by atoms with Gasteiger partial charge in [0.1, 0.15) is 0 Å². The molecule has 1 aliphatic heterocycles. The third-order valence-corrected chi connectivity index (χ3v) is 3.83. The molecule has 0 aromatic heterocycles. The quantitative estimate of drug-likeness (QED) is 0.799. The van der Waals surface area contributed by atoms with Crippen LogP contribution in [0.3, 0.4) is 0 Å². The van der Waals surface area contributed by atoms with Gasteiger partial charge in [-0.05, 0) is 12.3 Å². The topological polar surface area (TPSA) is 35.6 Å². The lowest BCUT2D eigenvalue weighted by Gasteiger charge is -2.36. The molecule has 106 valence electrons. The van der Waals surface area contributed by atoms with E-state index in [4.69, 9.17) is 0 Å². The molecule has 1 atom stereocenters. The van der Waals surface area contributed by atoms with Crippen molar-refractivity contribution in [2.45, 2.75) is 13.3 Å². The number of hydrogen-bond acceptors (Lipinski definition) is 3. The molecule has 0 saturated carbocycles. The molecule has 4 nitrogen and oxygen atoms in total. The van der Waals surface area contributed by atoms with E-state index < -0.39 is 0 Å². The van der Waals surface area contributed by atoms with E-state index >= 15 is 0 Å². The zero-order valence-electron chi connectivity index (χ0n) is 11.8. The van der Waals surface area contributed by atoms with Crippen LogP contribution in [-0.4, -0.2) is 61.5 Å². The summed E-state index contributed by atoms with van der Waals surface area (Å²) in [7, 11) is 0. The second-order valence-corrected chi connectivity index (χ2v) is 5.43. The molecule has 2 aliphatic rings. The van der Waals surface area contributed by atoms with Crippen LogP contribution in [0, 0.1) is 5.92 Å². The van der Waals surface area contributed by atoms with Gasteiger partial charge in [0, 0.05) is 52.7 Å². The van der Waals surface area contributed by atoms with E-state index in [9.17, 15) is 4.79 Å². The van der Waals surface area contributed by atoms with Gasteiger partial charge in [0.2, 0.25) is 5.91 Å². The summed E-state index contributed by atoms with van der Waals surface area (Å²) in [5, 5.41) is 2.86. The molecule has 1 amide bonds. The Hall–Kier alpha value is -1.13. The van der Waals surface area contributed by atoms with Crippen LogP contribution in [0.1, 0.15) is 13.3 Å². The van der Waals surface area contributed by atoms with E-state index in [1.165, 1.54) is 13.0 Å². The molecule has 1 unspecified atom stereocenters. The van der Waals surface area contributed by atoms with Crippen LogP contribution in [0.5, 0.6) is 0 Å². The number of hydrogen-bond donors (Lipinski definition) is 1. The number of carbonyl (C=O) groups is 1. The van der Waals surface area contributed by atoms with Gasteiger partial charge in [-0.15, -0.1) is 0 Å². The second kappa shape index (κ2) is 7.46. The maximum atomic E-state index is 10.8. The van der Waals surface area contributed by atoms with Gasteiger partial charge in [0.15, 0.2) is 0 Å². The summed E-state index contributed by atoms with van der Waals surface area (Å²) in [5.41, 5.74) is 0. The number of allylic oxidation sites excluding steroid dienone is 3. The minimum atomic E-state index is 0.0655. The molecular formula is C15H25N3O. The minimum Gasteiger partial charge on any atom is -0.355 e. The van der Waals surface area contributed by atoms with Crippen molar-refractivity contribution in [2.75, 3.05) is 45.8 Å². The first-order valence-electron chi connectivity index (χ1n) is 7.26. The van der Waals surface area contributed by atoms with Crippen LogP contribution in [0.15, 0.2) is 24.3 Å². The monoisotopic (exact) mass is 263 g/mol. The molecule has 0 bridgehead atoms. The maximum Gasteiger partial charge on any atom is 0.216 e. The maximum absolute atomic E-state index is 10.8. The fourth-order valence-electron chi connectivity index (χ4n) is 2.68. The van der Waals surface area contributed by atoms with Crippen molar-refractivity contribution in [1.29, 1.82) is 0 Å². The predicted molar refractivity (Wildman–Crippen MR) is 78.0 cm³/mol. The molecule has 19 heavy (non-hydrogen) atoms. The number of piperazine rings is 1. The van der Waals surface area contributed by atoms with Gasteiger partial charge in [0.05, 0.1) is 0 Å². The van der Waals surface area contributed by atoms with Crippen LogP contribution in [0.25, 0.3) is 0 Å². The lowest BCUT2D eigenvalue weighted by molar-refractivity contribution is -0.119. The molecule has 1 fully saturated rings.